The lowest BCUT2D eigenvalue weighted by molar-refractivity contribution is -0.113. The number of benzene rings is 2. The van der Waals surface area contributed by atoms with Gasteiger partial charge in [0, 0.05) is 30.2 Å². The van der Waals surface area contributed by atoms with Gasteiger partial charge in [-0.25, -0.2) is 4.98 Å². The van der Waals surface area contributed by atoms with E-state index in [1.54, 1.807) is 47.6 Å². The van der Waals surface area contributed by atoms with Gasteiger partial charge in [0.25, 0.3) is 5.91 Å². The largest absolute Gasteiger partial charge is 0.457 e. The number of nitrogens with one attached hydrogen (secondary N) is 1. The highest BCUT2D eigenvalue weighted by atomic mass is 16.5. The summed E-state index contributed by atoms with van der Waals surface area (Å²) < 4.78 is 5.76. The molecule has 0 spiro atoms. The van der Waals surface area contributed by atoms with Gasteiger partial charge in [-0.1, -0.05) is 18.2 Å². The highest BCUT2D eigenvalue weighted by Gasteiger charge is 2.43. The Labute approximate surface area is 185 Å². The lowest BCUT2D eigenvalue weighted by Crippen LogP contribution is -2.42. The van der Waals surface area contributed by atoms with Crippen molar-refractivity contribution in [1.82, 2.24) is 9.99 Å². The summed E-state index contributed by atoms with van der Waals surface area (Å²) in [5.41, 5.74) is 8.39. The van der Waals surface area contributed by atoms with Crippen molar-refractivity contribution in [2.45, 2.75) is 19.1 Å². The van der Waals surface area contributed by atoms with Crippen LogP contribution < -0.4 is 20.8 Å². The van der Waals surface area contributed by atoms with Crippen LogP contribution >= 0.6 is 0 Å². The molecule has 0 radical (unpaired) electrons. The topological polar surface area (TPSA) is 104 Å². The number of para-hydroxylation sites is 1. The third kappa shape index (κ3) is 3.72. The summed E-state index contributed by atoms with van der Waals surface area (Å²) in [5, 5.41) is 17.7. The van der Waals surface area contributed by atoms with Gasteiger partial charge in [0.05, 0.1) is 11.3 Å². The van der Waals surface area contributed by atoms with Crippen molar-refractivity contribution < 1.29 is 14.6 Å². The van der Waals surface area contributed by atoms with Gasteiger partial charge in [-0.15, -0.1) is 0 Å². The Morgan fingerprint density at radius 2 is 1.88 bits per heavy atom. The van der Waals surface area contributed by atoms with Gasteiger partial charge in [0.1, 0.15) is 17.3 Å². The summed E-state index contributed by atoms with van der Waals surface area (Å²) in [6, 6.07) is 20.0. The first-order chi connectivity index (χ1) is 15.6. The van der Waals surface area contributed by atoms with Crippen LogP contribution in [0.2, 0.25) is 0 Å². The molecule has 32 heavy (non-hydrogen) atoms. The minimum Gasteiger partial charge on any atom is -0.457 e. The normalized spacial score (nSPS) is 17.5. The smallest absolute Gasteiger partial charge is 0.258 e. The number of nitrogens with two attached hydrogens (primary N) is 1. The van der Waals surface area contributed by atoms with Crippen LogP contribution in [0.4, 0.5) is 17.2 Å². The second-order valence-electron chi connectivity index (χ2n) is 7.64. The average molecular weight is 429 g/mol. The van der Waals surface area contributed by atoms with Crippen molar-refractivity contribution in [2.75, 3.05) is 22.6 Å². The standard InChI is InChI=1S/C24H23N5O3/c25-21-15-19(12-13-26-21)32-18-10-8-16(9-11-18)27-23(30)22-20-7-4-14-28(20)29(24(22)31)17-5-2-1-3-6-17/h1-3,5-6,8-13,15,24,31H,4,7,14H2,(H2,25,26)(H,27,30). The first-order valence-corrected chi connectivity index (χ1v) is 10.4. The first-order valence-electron chi connectivity index (χ1n) is 10.4. The van der Waals surface area contributed by atoms with Gasteiger partial charge in [-0.05, 0) is 55.3 Å². The zero-order chi connectivity index (χ0) is 22.1. The fourth-order valence-electron chi connectivity index (χ4n) is 4.12. The molecule has 4 N–H and O–H groups in total. The molecule has 8 heteroatoms. The number of aromatic nitrogens is 1. The zero-order valence-electron chi connectivity index (χ0n) is 17.3. The number of allylic oxidation sites excluding steroid dienone is 1. The monoisotopic (exact) mass is 429 g/mol. The van der Waals surface area contributed by atoms with Crippen LogP contribution in [0.3, 0.4) is 0 Å². The molecule has 1 unspecified atom stereocenters. The Kier molecular flexibility index (Phi) is 5.12. The third-order valence-electron chi connectivity index (χ3n) is 5.52. The Bertz CT molecular complexity index is 1160. The molecule has 8 nitrogen and oxygen atoms in total. The summed E-state index contributed by atoms with van der Waals surface area (Å²) in [4.78, 5) is 17.1. The second-order valence-corrected chi connectivity index (χ2v) is 7.64. The molecule has 1 saturated heterocycles. The molecule has 2 aromatic carbocycles. The number of amides is 1. The van der Waals surface area contributed by atoms with E-state index in [4.69, 9.17) is 10.5 Å². The van der Waals surface area contributed by atoms with E-state index in [0.717, 1.165) is 30.8 Å². The SMILES string of the molecule is Nc1cc(Oc2ccc(NC(=O)C3=C4CCCN4N(c4ccccc4)C3O)cc2)ccn1. The van der Waals surface area contributed by atoms with E-state index in [9.17, 15) is 9.90 Å². The number of nitrogens with zero attached hydrogens (tertiary/aromatic N) is 3. The summed E-state index contributed by atoms with van der Waals surface area (Å²) in [7, 11) is 0. The molecule has 2 aliphatic heterocycles. The number of aliphatic hydroxyl groups excluding tert-OH is 1. The van der Waals surface area contributed by atoms with Gasteiger partial charge >= 0.3 is 0 Å². The maximum absolute atomic E-state index is 13.1. The van der Waals surface area contributed by atoms with Crippen molar-refractivity contribution >= 4 is 23.1 Å². The highest BCUT2D eigenvalue weighted by Crippen LogP contribution is 2.39. The van der Waals surface area contributed by atoms with E-state index in [1.807, 2.05) is 35.3 Å². The molecule has 5 rings (SSSR count). The van der Waals surface area contributed by atoms with Crippen LogP contribution in [0.25, 0.3) is 0 Å². The van der Waals surface area contributed by atoms with E-state index >= 15 is 0 Å². The van der Waals surface area contributed by atoms with Gasteiger partial charge in [0.15, 0.2) is 6.23 Å². The van der Waals surface area contributed by atoms with Crippen molar-refractivity contribution in [3.05, 3.63) is 84.2 Å². The van der Waals surface area contributed by atoms with Crippen molar-refractivity contribution in [3.8, 4) is 11.5 Å². The Morgan fingerprint density at radius 1 is 1.09 bits per heavy atom. The van der Waals surface area contributed by atoms with Gasteiger partial charge < -0.3 is 20.9 Å². The number of hydrogen-bond donors (Lipinski definition) is 3. The Morgan fingerprint density at radius 3 is 2.62 bits per heavy atom. The fraction of sp³-hybridized carbons (Fsp3) is 0.167. The van der Waals surface area contributed by atoms with Crippen LogP contribution in [-0.2, 0) is 4.79 Å². The molecule has 1 atom stereocenters. The minimum atomic E-state index is -1.03. The molecule has 0 aliphatic carbocycles. The Balaban J connectivity index is 1.32. The van der Waals surface area contributed by atoms with Crippen LogP contribution in [-0.4, -0.2) is 33.8 Å². The maximum Gasteiger partial charge on any atom is 0.258 e. The molecular formula is C24H23N5O3. The summed E-state index contributed by atoms with van der Waals surface area (Å²) in [6.45, 7) is 0.767. The van der Waals surface area contributed by atoms with Crippen molar-refractivity contribution in [2.24, 2.45) is 0 Å². The predicted octanol–water partition coefficient (Wildman–Crippen LogP) is 3.50. The fourth-order valence-corrected chi connectivity index (χ4v) is 4.12. The molecular weight excluding hydrogens is 406 g/mol. The van der Waals surface area contributed by atoms with E-state index in [2.05, 4.69) is 10.3 Å². The average Bonchev–Trinajstić information content (AvgIpc) is 3.35. The predicted molar refractivity (Wildman–Crippen MR) is 122 cm³/mol. The summed E-state index contributed by atoms with van der Waals surface area (Å²) in [5.74, 6) is 1.25. The number of carbonyl (C=O) groups is 1. The van der Waals surface area contributed by atoms with Crippen LogP contribution in [0.15, 0.2) is 84.2 Å². The number of hydrogen-bond acceptors (Lipinski definition) is 7. The molecule has 3 heterocycles. The van der Waals surface area contributed by atoms with E-state index < -0.39 is 6.23 Å². The molecule has 162 valence electrons. The van der Waals surface area contributed by atoms with Crippen molar-refractivity contribution in [3.63, 3.8) is 0 Å². The molecule has 1 amide bonds. The number of pyridine rings is 1. The van der Waals surface area contributed by atoms with Gasteiger partial charge in [0.2, 0.25) is 0 Å². The number of aliphatic hydroxyl groups is 1. The van der Waals surface area contributed by atoms with Crippen LogP contribution in [0.5, 0.6) is 11.5 Å². The number of ether oxygens (including phenoxy) is 1. The quantitative estimate of drug-likeness (QED) is 0.570. The number of fused-ring (bicyclic) bond motifs is 1. The highest BCUT2D eigenvalue weighted by molar-refractivity contribution is 6.06. The number of carbonyl (C=O) groups excluding carboxylic acids is 1. The lowest BCUT2D eigenvalue weighted by Gasteiger charge is -2.32. The number of anilines is 3. The van der Waals surface area contributed by atoms with E-state index in [1.165, 1.54) is 0 Å². The molecule has 2 aliphatic rings. The van der Waals surface area contributed by atoms with Crippen LogP contribution in [0.1, 0.15) is 12.8 Å². The number of nitrogen functional groups attached to an aromatic ring is 1. The van der Waals surface area contributed by atoms with E-state index in [0.29, 0.717) is 28.6 Å². The van der Waals surface area contributed by atoms with Crippen LogP contribution in [0, 0.1) is 0 Å². The van der Waals surface area contributed by atoms with E-state index in [-0.39, 0.29) is 5.91 Å². The summed E-state index contributed by atoms with van der Waals surface area (Å²) in [6.07, 6.45) is 2.23. The zero-order valence-corrected chi connectivity index (χ0v) is 17.3. The second kappa shape index (κ2) is 8.24. The van der Waals surface area contributed by atoms with Gasteiger partial charge in [-0.2, -0.15) is 0 Å². The maximum atomic E-state index is 13.1. The number of rotatable bonds is 5. The minimum absolute atomic E-state index is 0.312. The molecule has 0 saturated carbocycles. The molecule has 1 fully saturated rings. The van der Waals surface area contributed by atoms with Crippen molar-refractivity contribution in [1.29, 1.82) is 0 Å². The lowest BCUT2D eigenvalue weighted by atomic mass is 10.1. The van der Waals surface area contributed by atoms with Gasteiger partial charge in [-0.3, -0.25) is 14.8 Å². The number of hydrazine groups is 1. The third-order valence-corrected chi connectivity index (χ3v) is 5.52. The Hall–Kier alpha value is -4.04. The molecule has 3 aromatic rings. The first kappa shape index (κ1) is 19.9. The summed E-state index contributed by atoms with van der Waals surface area (Å²) >= 11 is 0. The molecule has 1 aromatic heterocycles. The molecule has 0 bridgehead atoms.